The van der Waals surface area contributed by atoms with E-state index in [2.05, 4.69) is 21.1 Å². The number of aromatic nitrogens is 1. The van der Waals surface area contributed by atoms with Gasteiger partial charge in [-0.3, -0.25) is 0 Å². The first-order valence-corrected chi connectivity index (χ1v) is 4.98. The third-order valence-corrected chi connectivity index (χ3v) is 2.30. The number of nitrogens with zero attached hydrogens (tertiary/aromatic N) is 1. The zero-order valence-corrected chi connectivity index (χ0v) is 8.94. The van der Waals surface area contributed by atoms with Gasteiger partial charge in [-0.2, -0.15) is 0 Å². The largest absolute Gasteiger partial charge is 0.364 e. The van der Waals surface area contributed by atoms with Crippen molar-refractivity contribution in [1.82, 2.24) is 5.16 Å². The van der Waals surface area contributed by atoms with Gasteiger partial charge in [0.2, 0.25) is 0 Å². The summed E-state index contributed by atoms with van der Waals surface area (Å²) in [4.78, 5) is 0. The SMILES string of the molecule is Brc1ccc(C=Cc2ccon2)cc1. The van der Waals surface area contributed by atoms with Gasteiger partial charge in [0.1, 0.15) is 12.0 Å². The average Bonchev–Trinajstić information content (AvgIpc) is 2.70. The molecule has 14 heavy (non-hydrogen) atoms. The molecular weight excluding hydrogens is 242 g/mol. The molecule has 0 spiro atoms. The van der Waals surface area contributed by atoms with Gasteiger partial charge >= 0.3 is 0 Å². The zero-order chi connectivity index (χ0) is 9.80. The lowest BCUT2D eigenvalue weighted by molar-refractivity contribution is 0.418. The van der Waals surface area contributed by atoms with Crippen LogP contribution in [0.15, 0.2) is 45.6 Å². The minimum Gasteiger partial charge on any atom is -0.364 e. The smallest absolute Gasteiger partial charge is 0.124 e. The fourth-order valence-corrected chi connectivity index (χ4v) is 1.33. The lowest BCUT2D eigenvalue weighted by Gasteiger charge is -1.92. The van der Waals surface area contributed by atoms with E-state index in [0.717, 1.165) is 15.7 Å². The van der Waals surface area contributed by atoms with E-state index in [9.17, 15) is 0 Å². The number of benzene rings is 1. The molecule has 0 unspecified atom stereocenters. The maximum absolute atomic E-state index is 4.71. The Morgan fingerprint density at radius 1 is 1.07 bits per heavy atom. The molecule has 2 aromatic rings. The van der Waals surface area contributed by atoms with Gasteiger partial charge in [0.15, 0.2) is 0 Å². The normalized spacial score (nSPS) is 10.9. The molecule has 0 radical (unpaired) electrons. The second-order valence-corrected chi connectivity index (χ2v) is 3.72. The maximum atomic E-state index is 4.71. The van der Waals surface area contributed by atoms with Crippen molar-refractivity contribution < 1.29 is 4.52 Å². The highest BCUT2D eigenvalue weighted by atomic mass is 79.9. The first kappa shape index (κ1) is 9.21. The van der Waals surface area contributed by atoms with Crippen LogP contribution in [0, 0.1) is 0 Å². The molecule has 0 fully saturated rings. The Morgan fingerprint density at radius 2 is 1.86 bits per heavy atom. The third kappa shape index (κ3) is 2.33. The summed E-state index contributed by atoms with van der Waals surface area (Å²) in [6.45, 7) is 0. The molecule has 1 heterocycles. The Labute approximate surface area is 90.4 Å². The van der Waals surface area contributed by atoms with Crippen molar-refractivity contribution in [3.05, 3.63) is 52.3 Å². The number of halogens is 1. The van der Waals surface area contributed by atoms with E-state index in [4.69, 9.17) is 4.52 Å². The van der Waals surface area contributed by atoms with E-state index in [-0.39, 0.29) is 0 Å². The summed E-state index contributed by atoms with van der Waals surface area (Å²) in [5.74, 6) is 0. The van der Waals surface area contributed by atoms with Crippen LogP contribution < -0.4 is 0 Å². The molecule has 1 aromatic carbocycles. The minimum atomic E-state index is 0.827. The lowest BCUT2D eigenvalue weighted by atomic mass is 10.2. The summed E-state index contributed by atoms with van der Waals surface area (Å²) in [7, 11) is 0. The van der Waals surface area contributed by atoms with Crippen molar-refractivity contribution in [2.24, 2.45) is 0 Å². The van der Waals surface area contributed by atoms with Gasteiger partial charge in [-0.25, -0.2) is 0 Å². The van der Waals surface area contributed by atoms with E-state index < -0.39 is 0 Å². The number of hydrogen-bond acceptors (Lipinski definition) is 2. The molecule has 0 atom stereocenters. The van der Waals surface area contributed by atoms with Gasteiger partial charge in [0.05, 0.1) is 0 Å². The van der Waals surface area contributed by atoms with Crippen LogP contribution in [0.3, 0.4) is 0 Å². The van der Waals surface area contributed by atoms with Crippen molar-refractivity contribution in [2.75, 3.05) is 0 Å². The summed E-state index contributed by atoms with van der Waals surface area (Å²) >= 11 is 3.38. The quantitative estimate of drug-likeness (QED) is 0.813. The fraction of sp³-hybridized carbons (Fsp3) is 0. The highest BCUT2D eigenvalue weighted by Crippen LogP contribution is 2.12. The molecule has 2 rings (SSSR count). The monoisotopic (exact) mass is 249 g/mol. The van der Waals surface area contributed by atoms with Crippen LogP contribution in [-0.2, 0) is 0 Å². The summed E-state index contributed by atoms with van der Waals surface area (Å²) in [6, 6.07) is 9.88. The van der Waals surface area contributed by atoms with E-state index in [1.54, 1.807) is 6.26 Å². The second kappa shape index (κ2) is 4.24. The van der Waals surface area contributed by atoms with Crippen molar-refractivity contribution in [3.8, 4) is 0 Å². The summed E-state index contributed by atoms with van der Waals surface area (Å²) in [5.41, 5.74) is 1.96. The van der Waals surface area contributed by atoms with Crippen LogP contribution in [0.4, 0.5) is 0 Å². The Morgan fingerprint density at radius 3 is 2.50 bits per heavy atom. The van der Waals surface area contributed by atoms with Crippen LogP contribution in [0.1, 0.15) is 11.3 Å². The number of hydrogen-bond donors (Lipinski definition) is 0. The first-order valence-electron chi connectivity index (χ1n) is 4.18. The first-order chi connectivity index (χ1) is 6.84. The molecule has 0 N–H and O–H groups in total. The van der Waals surface area contributed by atoms with E-state index in [1.807, 2.05) is 42.5 Å². The molecule has 0 aliphatic rings. The highest BCUT2D eigenvalue weighted by Gasteiger charge is 1.90. The van der Waals surface area contributed by atoms with Crippen molar-refractivity contribution in [2.45, 2.75) is 0 Å². The number of rotatable bonds is 2. The van der Waals surface area contributed by atoms with Crippen LogP contribution in [-0.4, -0.2) is 5.16 Å². The third-order valence-electron chi connectivity index (χ3n) is 1.77. The molecule has 1 aromatic heterocycles. The van der Waals surface area contributed by atoms with Crippen LogP contribution in [0.5, 0.6) is 0 Å². The summed E-state index contributed by atoms with van der Waals surface area (Å²) in [6.07, 6.45) is 5.46. The molecule has 0 saturated heterocycles. The fourth-order valence-electron chi connectivity index (χ4n) is 1.06. The summed E-state index contributed by atoms with van der Waals surface area (Å²) < 4.78 is 5.79. The van der Waals surface area contributed by atoms with Crippen LogP contribution >= 0.6 is 15.9 Å². The van der Waals surface area contributed by atoms with Gasteiger partial charge in [-0.15, -0.1) is 0 Å². The van der Waals surface area contributed by atoms with Gasteiger partial charge in [-0.05, 0) is 23.8 Å². The van der Waals surface area contributed by atoms with Gasteiger partial charge in [0, 0.05) is 10.5 Å². The Hall–Kier alpha value is -1.35. The van der Waals surface area contributed by atoms with Gasteiger partial charge in [0.25, 0.3) is 0 Å². The van der Waals surface area contributed by atoms with Crippen molar-refractivity contribution in [1.29, 1.82) is 0 Å². The molecule has 3 heteroatoms. The molecule has 70 valence electrons. The van der Waals surface area contributed by atoms with E-state index >= 15 is 0 Å². The predicted octanol–water partition coefficient (Wildman–Crippen LogP) is 3.61. The second-order valence-electron chi connectivity index (χ2n) is 2.81. The molecular formula is C11H8BrNO. The standard InChI is InChI=1S/C11H8BrNO/c12-10-4-1-9(2-5-10)3-6-11-7-8-14-13-11/h1-8H. The molecule has 0 saturated carbocycles. The average molecular weight is 250 g/mol. The highest BCUT2D eigenvalue weighted by molar-refractivity contribution is 9.10. The Balaban J connectivity index is 2.15. The molecule has 0 aliphatic carbocycles. The van der Waals surface area contributed by atoms with Gasteiger partial charge in [-0.1, -0.05) is 39.3 Å². The zero-order valence-electron chi connectivity index (χ0n) is 7.35. The maximum Gasteiger partial charge on any atom is 0.124 e. The van der Waals surface area contributed by atoms with Crippen LogP contribution in [0.2, 0.25) is 0 Å². The lowest BCUT2D eigenvalue weighted by Crippen LogP contribution is -1.71. The van der Waals surface area contributed by atoms with E-state index in [1.165, 1.54) is 0 Å². The topological polar surface area (TPSA) is 26.0 Å². The van der Waals surface area contributed by atoms with Crippen molar-refractivity contribution >= 4 is 28.1 Å². The molecule has 2 nitrogen and oxygen atoms in total. The van der Waals surface area contributed by atoms with Crippen molar-refractivity contribution in [3.63, 3.8) is 0 Å². The minimum absolute atomic E-state index is 0.827. The molecule has 0 aliphatic heterocycles. The van der Waals surface area contributed by atoms with Gasteiger partial charge < -0.3 is 4.52 Å². The predicted molar refractivity (Wildman–Crippen MR) is 59.6 cm³/mol. The molecule has 0 bridgehead atoms. The Kier molecular flexibility index (Phi) is 2.79. The van der Waals surface area contributed by atoms with Crippen LogP contribution in [0.25, 0.3) is 12.2 Å². The van der Waals surface area contributed by atoms with E-state index in [0.29, 0.717) is 0 Å². The summed E-state index contributed by atoms with van der Waals surface area (Å²) in [5, 5.41) is 3.78. The molecule has 0 amide bonds. The Bertz CT molecular complexity index is 417.